The van der Waals surface area contributed by atoms with Crippen LogP contribution in [0.15, 0.2) is 158 Å². The van der Waals surface area contributed by atoms with Gasteiger partial charge in [0.1, 0.15) is 0 Å². The van der Waals surface area contributed by atoms with Crippen LogP contribution in [0.4, 0.5) is 0 Å². The molecule has 0 bridgehead atoms. The fourth-order valence-corrected chi connectivity index (χ4v) is 9.05. The van der Waals surface area contributed by atoms with Gasteiger partial charge in [0.15, 0.2) is 5.82 Å². The van der Waals surface area contributed by atoms with Crippen LogP contribution in [0.2, 0.25) is 0 Å². The van der Waals surface area contributed by atoms with E-state index in [2.05, 4.69) is 198 Å². The van der Waals surface area contributed by atoms with E-state index in [0.717, 1.165) is 51.7 Å². The van der Waals surface area contributed by atoms with E-state index in [1.165, 1.54) is 72.0 Å². The smallest absolute Gasteiger partial charge is 0.160 e. The first kappa shape index (κ1) is 36.0. The number of rotatable bonds is 9. The second-order valence-electron chi connectivity index (χ2n) is 14.9. The van der Waals surface area contributed by atoms with Crippen LogP contribution in [0, 0.1) is 6.92 Å². The van der Waals surface area contributed by atoms with Crippen molar-refractivity contribution in [2.45, 2.75) is 47.5 Å². The molecule has 0 atom stereocenters. The van der Waals surface area contributed by atoms with Gasteiger partial charge in [-0.2, -0.15) is 0 Å². The number of para-hydroxylation sites is 1. The summed E-state index contributed by atoms with van der Waals surface area (Å²) in [6.07, 6.45) is 10.8. The summed E-state index contributed by atoms with van der Waals surface area (Å²) in [5.41, 5.74) is 20.5. The van der Waals surface area contributed by atoms with Crippen LogP contribution in [-0.4, -0.2) is 9.97 Å². The third-order valence-electron chi connectivity index (χ3n) is 11.6. The van der Waals surface area contributed by atoms with Gasteiger partial charge in [0.2, 0.25) is 0 Å². The number of hydrogen-bond donors (Lipinski definition) is 0. The Hall–Kier alpha value is -6.64. The molecule has 1 aliphatic rings. The molecule has 0 spiro atoms. The molecule has 0 saturated carbocycles. The van der Waals surface area contributed by atoms with Crippen LogP contribution in [0.1, 0.15) is 61.9 Å². The Labute approximate surface area is 336 Å². The van der Waals surface area contributed by atoms with Crippen molar-refractivity contribution in [3.63, 3.8) is 0 Å². The first-order valence-corrected chi connectivity index (χ1v) is 20.3. The Bertz CT molecular complexity index is 2940. The predicted octanol–water partition coefficient (Wildman–Crippen LogP) is 15.2. The number of hydrogen-bond acceptors (Lipinski definition) is 2. The van der Waals surface area contributed by atoms with Crippen molar-refractivity contribution in [1.82, 2.24) is 9.97 Å². The van der Waals surface area contributed by atoms with Gasteiger partial charge in [0.05, 0.1) is 11.2 Å². The average Bonchev–Trinajstić information content (AvgIpc) is 3.56. The fraction of sp³-hybridized carbons (Fsp3) is 0.127. The normalized spacial score (nSPS) is 12.6. The van der Waals surface area contributed by atoms with Gasteiger partial charge in [-0.15, -0.1) is 0 Å². The van der Waals surface area contributed by atoms with Gasteiger partial charge >= 0.3 is 0 Å². The van der Waals surface area contributed by atoms with Crippen LogP contribution < -0.4 is 0 Å². The van der Waals surface area contributed by atoms with E-state index in [1.807, 2.05) is 0 Å². The van der Waals surface area contributed by atoms with Gasteiger partial charge < -0.3 is 0 Å². The molecule has 7 aromatic carbocycles. The lowest BCUT2D eigenvalue weighted by atomic mass is 9.85. The lowest BCUT2D eigenvalue weighted by Crippen LogP contribution is -1.99. The van der Waals surface area contributed by atoms with E-state index in [-0.39, 0.29) is 0 Å². The molecule has 0 aliphatic heterocycles. The van der Waals surface area contributed by atoms with E-state index < -0.39 is 0 Å². The van der Waals surface area contributed by atoms with E-state index in [9.17, 15) is 0 Å². The molecule has 0 radical (unpaired) electrons. The molecule has 276 valence electrons. The molecule has 9 rings (SSSR count). The maximum absolute atomic E-state index is 5.38. The topological polar surface area (TPSA) is 25.8 Å². The number of fused-ring (bicyclic) bond motifs is 1. The highest BCUT2D eigenvalue weighted by molar-refractivity contribution is 6.18. The third-order valence-corrected chi connectivity index (χ3v) is 11.6. The monoisotopic (exact) mass is 734 g/mol. The van der Waals surface area contributed by atoms with E-state index in [4.69, 9.17) is 9.97 Å². The molecule has 0 amide bonds. The summed E-state index contributed by atoms with van der Waals surface area (Å²) in [4.78, 5) is 10.6. The minimum Gasteiger partial charge on any atom is -0.228 e. The molecule has 1 aliphatic carbocycles. The summed E-state index contributed by atoms with van der Waals surface area (Å²) in [7, 11) is 0. The molecule has 2 heteroatoms. The Morgan fingerprint density at radius 1 is 0.491 bits per heavy atom. The highest BCUT2D eigenvalue weighted by atomic mass is 14.9. The van der Waals surface area contributed by atoms with Gasteiger partial charge in [0, 0.05) is 16.5 Å². The molecule has 1 aromatic heterocycles. The Morgan fingerprint density at radius 2 is 1.14 bits per heavy atom. The quantitative estimate of drug-likeness (QED) is 0.148. The summed E-state index contributed by atoms with van der Waals surface area (Å²) in [5.74, 6) is 0.715. The number of allylic oxidation sites excluding steroid dienone is 5. The Kier molecular flexibility index (Phi) is 9.56. The number of benzene rings is 7. The molecule has 0 N–H and O–H groups in total. The van der Waals surface area contributed by atoms with Crippen LogP contribution in [0.25, 0.3) is 94.9 Å². The predicted molar refractivity (Wildman–Crippen MR) is 245 cm³/mol. The first-order valence-electron chi connectivity index (χ1n) is 20.3. The molecule has 0 fully saturated rings. The minimum absolute atomic E-state index is 0.715. The standard InChI is InChI=1S/C55H46N2/c1-6-18-45-40(8-3)47(42-23-14-13-20-35(42)5)30-28-43(45)37-32-38(44-29-31-50-46(19-7-2)41(9-4)48-25-17-26-49(44)53(48)50)34-39(33-37)55-56-52-27-16-15-24-51(52)54(57-55)36-21-11-10-12-22-36/h6-7,10-34H,8-9H2,1-5H3/b18-6-,19-7-. The third kappa shape index (κ3) is 6.23. The molecule has 0 unspecified atom stereocenters. The van der Waals surface area contributed by atoms with Crippen molar-refractivity contribution in [1.29, 1.82) is 0 Å². The van der Waals surface area contributed by atoms with Crippen molar-refractivity contribution in [2.75, 3.05) is 0 Å². The summed E-state index contributed by atoms with van der Waals surface area (Å²) < 4.78 is 0. The molecular weight excluding hydrogens is 689 g/mol. The van der Waals surface area contributed by atoms with E-state index in [0.29, 0.717) is 5.82 Å². The molecular formula is C55H46N2. The van der Waals surface area contributed by atoms with Gasteiger partial charge in [-0.1, -0.05) is 153 Å². The number of nitrogens with zero attached hydrogens (tertiary/aromatic N) is 2. The molecule has 0 saturated heterocycles. The SMILES string of the molecule is C/C=C\C1=C(CC)c2cccc3c(-c4cc(-c5nc(-c6ccccc6)c6ccccc6n5)cc(-c5ccc(-c6ccccc6C)c(CC)c5/C=C\C)c4)ccc1c23. The van der Waals surface area contributed by atoms with Crippen molar-refractivity contribution >= 4 is 38.9 Å². The maximum Gasteiger partial charge on any atom is 0.160 e. The van der Waals surface area contributed by atoms with Gasteiger partial charge in [-0.3, -0.25) is 0 Å². The minimum atomic E-state index is 0.715. The zero-order valence-electron chi connectivity index (χ0n) is 33.4. The van der Waals surface area contributed by atoms with E-state index >= 15 is 0 Å². The van der Waals surface area contributed by atoms with Crippen molar-refractivity contribution in [3.05, 3.63) is 186 Å². The molecule has 2 nitrogen and oxygen atoms in total. The largest absolute Gasteiger partial charge is 0.228 e. The summed E-state index contributed by atoms with van der Waals surface area (Å²) >= 11 is 0. The Morgan fingerprint density at radius 3 is 1.91 bits per heavy atom. The van der Waals surface area contributed by atoms with Gasteiger partial charge in [0.25, 0.3) is 0 Å². The lowest BCUT2D eigenvalue weighted by molar-refractivity contribution is 1.13. The van der Waals surface area contributed by atoms with Gasteiger partial charge in [-0.05, 0) is 141 Å². The van der Waals surface area contributed by atoms with E-state index in [1.54, 1.807) is 0 Å². The summed E-state index contributed by atoms with van der Waals surface area (Å²) in [5, 5.41) is 3.65. The second-order valence-corrected chi connectivity index (χ2v) is 14.9. The average molecular weight is 735 g/mol. The zero-order valence-corrected chi connectivity index (χ0v) is 33.4. The van der Waals surface area contributed by atoms with Crippen LogP contribution in [0.3, 0.4) is 0 Å². The summed E-state index contributed by atoms with van der Waals surface area (Å²) in [6.45, 7) is 11.0. The Balaban J connectivity index is 1.33. The number of aromatic nitrogens is 2. The van der Waals surface area contributed by atoms with Crippen molar-refractivity contribution in [2.24, 2.45) is 0 Å². The molecule has 1 heterocycles. The maximum atomic E-state index is 5.38. The second kappa shape index (κ2) is 15.1. The van der Waals surface area contributed by atoms with Crippen molar-refractivity contribution < 1.29 is 0 Å². The summed E-state index contributed by atoms with van der Waals surface area (Å²) in [6, 6.07) is 50.7. The number of aryl methyl sites for hydroxylation is 1. The lowest BCUT2D eigenvalue weighted by Gasteiger charge is -2.19. The van der Waals surface area contributed by atoms with Crippen LogP contribution in [0.5, 0.6) is 0 Å². The molecule has 57 heavy (non-hydrogen) atoms. The van der Waals surface area contributed by atoms with Gasteiger partial charge in [-0.25, -0.2) is 9.97 Å². The van der Waals surface area contributed by atoms with Crippen LogP contribution >= 0.6 is 0 Å². The zero-order chi connectivity index (χ0) is 39.0. The fourth-order valence-electron chi connectivity index (χ4n) is 9.05. The first-order chi connectivity index (χ1) is 28.0. The highest BCUT2D eigenvalue weighted by Crippen LogP contribution is 2.48. The van der Waals surface area contributed by atoms with Crippen LogP contribution in [-0.2, 0) is 6.42 Å². The highest BCUT2D eigenvalue weighted by Gasteiger charge is 2.24. The van der Waals surface area contributed by atoms with Crippen molar-refractivity contribution in [3.8, 4) is 56.0 Å². The molecule has 8 aromatic rings.